The largest absolute Gasteiger partial charge is 0.466 e. The normalized spacial score (nSPS) is 21.5. The molecule has 6 rings (SSSR count). The van der Waals surface area contributed by atoms with E-state index in [2.05, 4.69) is 24.5 Å². The summed E-state index contributed by atoms with van der Waals surface area (Å²) in [7, 11) is 0. The summed E-state index contributed by atoms with van der Waals surface area (Å²) in [5.41, 5.74) is 4.16. The second-order valence-corrected chi connectivity index (χ2v) is 13.1. The summed E-state index contributed by atoms with van der Waals surface area (Å²) in [6, 6.07) is 9.98. The van der Waals surface area contributed by atoms with E-state index in [4.69, 9.17) is 4.74 Å². The van der Waals surface area contributed by atoms with E-state index in [-0.39, 0.29) is 47.7 Å². The van der Waals surface area contributed by atoms with Crippen LogP contribution in [0.15, 0.2) is 42.5 Å². The van der Waals surface area contributed by atoms with Gasteiger partial charge in [0.1, 0.15) is 11.7 Å². The smallest absolute Gasteiger partial charge is 0.308 e. The van der Waals surface area contributed by atoms with E-state index in [9.17, 15) is 14.4 Å². The molecule has 3 heterocycles. The molecule has 3 aliphatic rings. The molecule has 0 bridgehead atoms. The Morgan fingerprint density at radius 1 is 1.11 bits per heavy atom. The minimum absolute atomic E-state index is 0. The lowest BCUT2D eigenvalue weighted by molar-refractivity contribution is -0.144. The first-order valence-corrected chi connectivity index (χ1v) is 15.7. The number of hydrogen-bond acceptors (Lipinski definition) is 5. The Morgan fingerprint density at radius 2 is 1.83 bits per heavy atom. The number of likely N-dealkylation sites (tertiary alicyclic amines) is 1. The van der Waals surface area contributed by atoms with Crippen molar-refractivity contribution in [1.29, 1.82) is 0 Å². The summed E-state index contributed by atoms with van der Waals surface area (Å²) in [5.74, 6) is -3.59. The van der Waals surface area contributed by atoms with Gasteiger partial charge in [-0.3, -0.25) is 14.4 Å². The van der Waals surface area contributed by atoms with Gasteiger partial charge >= 0.3 is 5.97 Å². The van der Waals surface area contributed by atoms with Gasteiger partial charge in [-0.2, -0.15) is 0 Å². The summed E-state index contributed by atoms with van der Waals surface area (Å²) in [4.78, 5) is 42.6. The van der Waals surface area contributed by atoms with Crippen molar-refractivity contribution in [3.63, 3.8) is 0 Å². The van der Waals surface area contributed by atoms with Crippen LogP contribution >= 0.6 is 12.4 Å². The van der Waals surface area contributed by atoms with Crippen molar-refractivity contribution < 1.29 is 27.9 Å². The summed E-state index contributed by atoms with van der Waals surface area (Å²) in [6.45, 7) is 12.1. The third-order valence-electron chi connectivity index (χ3n) is 10.0. The number of carbonyl (C=O) groups excluding carboxylic acids is 3. The number of esters is 1. The molecule has 11 heteroatoms. The number of hydrogen-bond donors (Lipinski definition) is 2. The van der Waals surface area contributed by atoms with E-state index in [0.717, 1.165) is 35.0 Å². The second kappa shape index (κ2) is 12.8. The number of rotatable bonds is 8. The highest BCUT2D eigenvalue weighted by molar-refractivity contribution is 5.98. The molecule has 2 N–H and O–H groups in total. The molecule has 2 aromatic carbocycles. The molecule has 1 saturated heterocycles. The molecule has 1 aliphatic carbocycles. The summed E-state index contributed by atoms with van der Waals surface area (Å²) in [6.07, 6.45) is -0.399. The Balaban J connectivity index is 0.00000417. The molecule has 0 unspecified atom stereocenters. The maximum Gasteiger partial charge on any atom is 0.308 e. The van der Waals surface area contributed by atoms with Crippen LogP contribution in [0.5, 0.6) is 0 Å². The molecule has 1 aromatic heterocycles. The Hall–Kier alpha value is -3.76. The third kappa shape index (κ3) is 5.81. The number of piperidine rings is 1. The van der Waals surface area contributed by atoms with E-state index in [1.54, 1.807) is 17.9 Å². The van der Waals surface area contributed by atoms with E-state index in [1.165, 1.54) is 6.07 Å². The van der Waals surface area contributed by atoms with E-state index < -0.39 is 42.0 Å². The van der Waals surface area contributed by atoms with Crippen LogP contribution in [-0.4, -0.2) is 53.0 Å². The molecule has 3 aromatic rings. The van der Waals surface area contributed by atoms with E-state index >= 15 is 8.78 Å². The van der Waals surface area contributed by atoms with Gasteiger partial charge in [0.2, 0.25) is 5.91 Å². The maximum atomic E-state index is 15.6. The zero-order chi connectivity index (χ0) is 32.2. The Morgan fingerprint density at radius 3 is 2.52 bits per heavy atom. The van der Waals surface area contributed by atoms with Gasteiger partial charge < -0.3 is 24.8 Å². The highest BCUT2D eigenvalue weighted by Gasteiger charge is 2.69. The highest BCUT2D eigenvalue weighted by Crippen LogP contribution is 2.65. The minimum atomic E-state index is -1.22. The van der Waals surface area contributed by atoms with Crippen LogP contribution in [-0.2, 0) is 27.4 Å². The number of carbonyl (C=O) groups is 3. The van der Waals surface area contributed by atoms with Crippen LogP contribution in [0.4, 0.5) is 8.78 Å². The van der Waals surface area contributed by atoms with Gasteiger partial charge in [-0.25, -0.2) is 8.78 Å². The van der Waals surface area contributed by atoms with Crippen LogP contribution in [0.1, 0.15) is 66.1 Å². The zero-order valence-electron chi connectivity index (χ0n) is 26.8. The fourth-order valence-electron chi connectivity index (χ4n) is 7.63. The van der Waals surface area contributed by atoms with Crippen LogP contribution in [0, 0.1) is 42.7 Å². The Bertz CT molecular complexity index is 1670. The van der Waals surface area contributed by atoms with Crippen molar-refractivity contribution in [2.24, 2.45) is 17.3 Å². The molecule has 0 radical (unpaired) electrons. The molecular weight excluding hydrogens is 614 g/mol. The number of aromatic nitrogens is 1. The quantitative estimate of drug-likeness (QED) is 0.314. The number of ether oxygens (including phenoxy) is 1. The third-order valence-corrected chi connectivity index (χ3v) is 10.0. The highest BCUT2D eigenvalue weighted by atomic mass is 35.5. The average molecular weight is 655 g/mol. The number of nitrogens with one attached hydrogen (secondary N) is 2. The summed E-state index contributed by atoms with van der Waals surface area (Å²) < 4.78 is 38.0. The van der Waals surface area contributed by atoms with Crippen molar-refractivity contribution >= 4 is 30.2 Å². The minimum Gasteiger partial charge on any atom is -0.466 e. The van der Waals surface area contributed by atoms with Crippen LogP contribution in [0.25, 0.3) is 11.1 Å². The van der Waals surface area contributed by atoms with Gasteiger partial charge in [0.05, 0.1) is 19.1 Å². The monoisotopic (exact) mass is 654 g/mol. The first-order chi connectivity index (χ1) is 21.4. The van der Waals surface area contributed by atoms with Gasteiger partial charge in [-0.15, -0.1) is 12.4 Å². The lowest BCUT2D eigenvalue weighted by Crippen LogP contribution is -2.51. The van der Waals surface area contributed by atoms with Gasteiger partial charge in [0.15, 0.2) is 11.6 Å². The average Bonchev–Trinajstić information content (AvgIpc) is 3.35. The lowest BCUT2D eigenvalue weighted by atomic mass is 9.91. The van der Waals surface area contributed by atoms with Crippen molar-refractivity contribution in [2.45, 2.75) is 66.2 Å². The van der Waals surface area contributed by atoms with Gasteiger partial charge in [0.25, 0.3) is 5.91 Å². The molecule has 4 atom stereocenters. The first-order valence-electron chi connectivity index (χ1n) is 15.7. The number of aryl methyl sites for hydroxylation is 2. The van der Waals surface area contributed by atoms with Gasteiger partial charge in [-0.1, -0.05) is 32.0 Å². The number of benzene rings is 2. The maximum absolute atomic E-state index is 15.6. The molecule has 246 valence electrons. The number of nitrogens with zero attached hydrogens (tertiary/aromatic N) is 2. The second-order valence-electron chi connectivity index (χ2n) is 13.1. The Labute approximate surface area is 274 Å². The topological polar surface area (TPSA) is 92.7 Å². The van der Waals surface area contributed by atoms with Crippen molar-refractivity contribution in [3.8, 4) is 11.1 Å². The molecule has 2 fully saturated rings. The van der Waals surface area contributed by atoms with Crippen molar-refractivity contribution in [2.75, 3.05) is 19.7 Å². The molecular formula is C35H41ClF2N4O4. The predicted octanol–water partition coefficient (Wildman–Crippen LogP) is 5.48. The molecule has 46 heavy (non-hydrogen) atoms. The van der Waals surface area contributed by atoms with Crippen LogP contribution in [0.3, 0.4) is 0 Å². The fraction of sp³-hybridized carbons (Fsp3) is 0.457. The standard InChI is InChI=1S/C35H40F2N4O4.ClH/c1-6-45-28(42)16-26(23-14-21(15-25(36)31(23)37)29-19(2)8-7-9-20(29)3)39-33(43)32-30-24(35(30,4)5)18-41(32)34(44)27-11-10-22-17-38-12-13-40(22)27;/h7-11,14-15,24,26,30,32,38H,6,12-13,16-18H2,1-5H3,(H,39,43);1H/t24-,26-,30-,32-;/m0./s1. The number of fused-ring (bicyclic) bond motifs is 2. The predicted molar refractivity (Wildman–Crippen MR) is 172 cm³/mol. The molecule has 2 aliphatic heterocycles. The van der Waals surface area contributed by atoms with Crippen molar-refractivity contribution in [1.82, 2.24) is 20.1 Å². The van der Waals surface area contributed by atoms with Crippen LogP contribution < -0.4 is 10.6 Å². The Kier molecular flexibility index (Phi) is 9.35. The molecule has 8 nitrogen and oxygen atoms in total. The van der Waals surface area contributed by atoms with E-state index in [0.29, 0.717) is 30.9 Å². The molecule has 1 saturated carbocycles. The lowest BCUT2D eigenvalue weighted by Gasteiger charge is -2.32. The van der Waals surface area contributed by atoms with E-state index in [1.807, 2.05) is 42.7 Å². The first kappa shape index (κ1) is 33.6. The molecule has 2 amide bonds. The van der Waals surface area contributed by atoms with Crippen molar-refractivity contribution in [3.05, 3.63) is 82.2 Å². The zero-order valence-corrected chi connectivity index (χ0v) is 27.6. The number of halogens is 3. The SMILES string of the molecule is CCOC(=O)C[C@H](NC(=O)[C@@H]1[C@@H]2[C@H](CN1C(=O)c1ccc3n1CCNC3)C2(C)C)c1cc(-c2c(C)cccc2C)cc(F)c1F.Cl. The summed E-state index contributed by atoms with van der Waals surface area (Å²) >= 11 is 0. The fourth-order valence-corrected chi connectivity index (χ4v) is 7.63. The molecule has 0 spiro atoms. The van der Waals surface area contributed by atoms with Gasteiger partial charge in [-0.05, 0) is 84.5 Å². The number of amides is 2. The van der Waals surface area contributed by atoms with Gasteiger partial charge in [0, 0.05) is 37.4 Å². The summed E-state index contributed by atoms with van der Waals surface area (Å²) in [5, 5.41) is 6.17. The van der Waals surface area contributed by atoms with Crippen LogP contribution in [0.2, 0.25) is 0 Å².